The fourth-order valence-electron chi connectivity index (χ4n) is 3.78. The van der Waals surface area contributed by atoms with Gasteiger partial charge in [-0.1, -0.05) is 60.3 Å². The standard InChI is InChI=1S/C19H39N/c1-6-8-12-17(10-7-2)20-18-13-9-11-16(14-15-18)19(3,4)5/h16-18,20H,6-15H2,1-5H3. The van der Waals surface area contributed by atoms with Gasteiger partial charge in [0.05, 0.1) is 0 Å². The van der Waals surface area contributed by atoms with Crippen molar-refractivity contribution in [3.05, 3.63) is 0 Å². The lowest BCUT2D eigenvalue weighted by atomic mass is 9.76. The summed E-state index contributed by atoms with van der Waals surface area (Å²) in [4.78, 5) is 0. The van der Waals surface area contributed by atoms with Crippen LogP contribution in [0.15, 0.2) is 0 Å². The van der Waals surface area contributed by atoms with Crippen LogP contribution in [0.1, 0.15) is 98.8 Å². The summed E-state index contributed by atoms with van der Waals surface area (Å²) < 4.78 is 0. The molecule has 0 aliphatic heterocycles. The predicted octanol–water partition coefficient (Wildman–Crippen LogP) is 5.93. The Morgan fingerprint density at radius 1 is 0.950 bits per heavy atom. The maximum Gasteiger partial charge on any atom is 0.00697 e. The molecule has 0 aromatic rings. The minimum Gasteiger partial charge on any atom is -0.311 e. The van der Waals surface area contributed by atoms with Crippen molar-refractivity contribution in [3.8, 4) is 0 Å². The van der Waals surface area contributed by atoms with Crippen LogP contribution in [0.4, 0.5) is 0 Å². The van der Waals surface area contributed by atoms with Gasteiger partial charge < -0.3 is 5.32 Å². The summed E-state index contributed by atoms with van der Waals surface area (Å²) in [6.45, 7) is 11.9. The van der Waals surface area contributed by atoms with Crippen LogP contribution in [-0.4, -0.2) is 12.1 Å². The topological polar surface area (TPSA) is 12.0 Å². The number of nitrogens with one attached hydrogen (secondary N) is 1. The Morgan fingerprint density at radius 3 is 2.30 bits per heavy atom. The summed E-state index contributed by atoms with van der Waals surface area (Å²) in [5, 5.41) is 4.00. The molecule has 0 spiro atoms. The fourth-order valence-corrected chi connectivity index (χ4v) is 3.78. The minimum atomic E-state index is 0.500. The van der Waals surface area contributed by atoms with Crippen molar-refractivity contribution in [3.63, 3.8) is 0 Å². The van der Waals surface area contributed by atoms with Crippen LogP contribution in [0.3, 0.4) is 0 Å². The number of hydrogen-bond donors (Lipinski definition) is 1. The summed E-state index contributed by atoms with van der Waals surface area (Å²) in [7, 11) is 0. The Labute approximate surface area is 128 Å². The molecule has 0 saturated heterocycles. The van der Waals surface area contributed by atoms with Gasteiger partial charge in [0.1, 0.15) is 0 Å². The molecule has 1 heteroatoms. The van der Waals surface area contributed by atoms with Crippen molar-refractivity contribution in [2.24, 2.45) is 11.3 Å². The Morgan fingerprint density at radius 2 is 1.70 bits per heavy atom. The van der Waals surface area contributed by atoms with Crippen LogP contribution < -0.4 is 5.32 Å². The molecular weight excluding hydrogens is 242 g/mol. The van der Waals surface area contributed by atoms with Crippen molar-refractivity contribution >= 4 is 0 Å². The molecule has 0 aromatic carbocycles. The van der Waals surface area contributed by atoms with E-state index in [0.717, 1.165) is 18.0 Å². The van der Waals surface area contributed by atoms with Gasteiger partial charge in [0, 0.05) is 12.1 Å². The average molecular weight is 282 g/mol. The van der Waals surface area contributed by atoms with Crippen molar-refractivity contribution < 1.29 is 0 Å². The molecule has 1 rings (SSSR count). The van der Waals surface area contributed by atoms with Gasteiger partial charge in [-0.25, -0.2) is 0 Å². The highest BCUT2D eigenvalue weighted by Gasteiger charge is 2.28. The fraction of sp³-hybridized carbons (Fsp3) is 1.00. The Balaban J connectivity index is 2.42. The molecular formula is C19H39N. The molecule has 0 bridgehead atoms. The van der Waals surface area contributed by atoms with Gasteiger partial charge in [0.25, 0.3) is 0 Å². The molecule has 1 aliphatic rings. The van der Waals surface area contributed by atoms with Crippen LogP contribution >= 0.6 is 0 Å². The first-order valence-corrected chi connectivity index (χ1v) is 9.23. The van der Waals surface area contributed by atoms with E-state index in [2.05, 4.69) is 39.9 Å². The van der Waals surface area contributed by atoms with E-state index in [1.807, 2.05) is 0 Å². The summed E-state index contributed by atoms with van der Waals surface area (Å²) >= 11 is 0. The second-order valence-corrected chi connectivity index (χ2v) is 8.06. The van der Waals surface area contributed by atoms with E-state index in [4.69, 9.17) is 0 Å². The minimum absolute atomic E-state index is 0.500. The van der Waals surface area contributed by atoms with Crippen molar-refractivity contribution in [1.29, 1.82) is 0 Å². The van der Waals surface area contributed by atoms with E-state index in [1.54, 1.807) is 0 Å². The van der Waals surface area contributed by atoms with Gasteiger partial charge in [0.2, 0.25) is 0 Å². The van der Waals surface area contributed by atoms with E-state index in [9.17, 15) is 0 Å². The largest absolute Gasteiger partial charge is 0.311 e. The molecule has 1 saturated carbocycles. The van der Waals surface area contributed by atoms with Gasteiger partial charge in [-0.3, -0.25) is 0 Å². The highest BCUT2D eigenvalue weighted by atomic mass is 14.9. The maximum atomic E-state index is 4.00. The zero-order valence-electron chi connectivity index (χ0n) is 14.8. The molecule has 0 amide bonds. The molecule has 1 nitrogen and oxygen atoms in total. The smallest absolute Gasteiger partial charge is 0.00697 e. The van der Waals surface area contributed by atoms with Gasteiger partial charge in [-0.2, -0.15) is 0 Å². The molecule has 0 heterocycles. The lowest BCUT2D eigenvalue weighted by molar-refractivity contribution is 0.213. The molecule has 0 aromatic heterocycles. The van der Waals surface area contributed by atoms with Crippen molar-refractivity contribution in [1.82, 2.24) is 5.32 Å². The van der Waals surface area contributed by atoms with E-state index in [0.29, 0.717) is 5.41 Å². The maximum absolute atomic E-state index is 4.00. The van der Waals surface area contributed by atoms with E-state index >= 15 is 0 Å². The normalized spacial score (nSPS) is 26.2. The van der Waals surface area contributed by atoms with Crippen LogP contribution in [0, 0.1) is 11.3 Å². The molecule has 1 fully saturated rings. The third kappa shape index (κ3) is 6.61. The first-order valence-electron chi connectivity index (χ1n) is 9.23. The van der Waals surface area contributed by atoms with Crippen LogP contribution in [0.2, 0.25) is 0 Å². The third-order valence-electron chi connectivity index (χ3n) is 5.21. The molecule has 1 N–H and O–H groups in total. The Hall–Kier alpha value is -0.0400. The zero-order valence-corrected chi connectivity index (χ0v) is 14.8. The van der Waals surface area contributed by atoms with E-state index in [-0.39, 0.29) is 0 Å². The first-order chi connectivity index (χ1) is 9.47. The quantitative estimate of drug-likeness (QED) is 0.570. The first kappa shape index (κ1) is 18.0. The lowest BCUT2D eigenvalue weighted by Crippen LogP contribution is -2.38. The van der Waals surface area contributed by atoms with Gasteiger partial charge in [-0.05, 0) is 49.9 Å². The molecule has 3 unspecified atom stereocenters. The van der Waals surface area contributed by atoms with Gasteiger partial charge in [0.15, 0.2) is 0 Å². The predicted molar refractivity (Wildman–Crippen MR) is 91.2 cm³/mol. The van der Waals surface area contributed by atoms with Crippen LogP contribution in [0.25, 0.3) is 0 Å². The Bertz CT molecular complexity index is 241. The summed E-state index contributed by atoms with van der Waals surface area (Å²) in [5.74, 6) is 0.926. The number of hydrogen-bond acceptors (Lipinski definition) is 1. The SMILES string of the molecule is CCCCC(CCC)NC1CCCC(C(C)(C)C)CC1. The average Bonchev–Trinajstić information content (AvgIpc) is 2.61. The molecule has 20 heavy (non-hydrogen) atoms. The second-order valence-electron chi connectivity index (χ2n) is 8.06. The molecule has 1 aliphatic carbocycles. The number of unbranched alkanes of at least 4 members (excludes halogenated alkanes) is 1. The van der Waals surface area contributed by atoms with E-state index in [1.165, 1.54) is 64.2 Å². The summed E-state index contributed by atoms with van der Waals surface area (Å²) in [6, 6.07) is 1.56. The highest BCUT2D eigenvalue weighted by Crippen LogP contribution is 2.36. The van der Waals surface area contributed by atoms with Gasteiger partial charge >= 0.3 is 0 Å². The van der Waals surface area contributed by atoms with Crippen LogP contribution in [-0.2, 0) is 0 Å². The third-order valence-corrected chi connectivity index (χ3v) is 5.21. The molecule has 120 valence electrons. The molecule has 3 atom stereocenters. The Kier molecular flexibility index (Phi) is 8.17. The van der Waals surface area contributed by atoms with Gasteiger partial charge in [-0.15, -0.1) is 0 Å². The monoisotopic (exact) mass is 281 g/mol. The number of rotatable bonds is 7. The second kappa shape index (κ2) is 9.07. The van der Waals surface area contributed by atoms with Crippen molar-refractivity contribution in [2.75, 3.05) is 0 Å². The lowest BCUT2D eigenvalue weighted by Gasteiger charge is -2.30. The zero-order chi connectivity index (χ0) is 15.0. The summed E-state index contributed by atoms with van der Waals surface area (Å²) in [6.07, 6.45) is 13.9. The van der Waals surface area contributed by atoms with E-state index < -0.39 is 0 Å². The van der Waals surface area contributed by atoms with Crippen molar-refractivity contribution in [2.45, 2.75) is 111 Å². The summed E-state index contributed by atoms with van der Waals surface area (Å²) in [5.41, 5.74) is 0.500. The van der Waals surface area contributed by atoms with Crippen LogP contribution in [0.5, 0.6) is 0 Å². The molecule has 0 radical (unpaired) electrons. The highest BCUT2D eigenvalue weighted by molar-refractivity contribution is 4.83.